The number of para-hydroxylation sites is 1. The van der Waals surface area contributed by atoms with Crippen molar-refractivity contribution in [1.82, 2.24) is 4.90 Å². The van der Waals surface area contributed by atoms with Gasteiger partial charge in [0, 0.05) is 30.3 Å². The van der Waals surface area contributed by atoms with Gasteiger partial charge in [-0.25, -0.2) is 0 Å². The van der Waals surface area contributed by atoms with Gasteiger partial charge in [-0.2, -0.15) is 0 Å². The van der Waals surface area contributed by atoms with Gasteiger partial charge in [0.15, 0.2) is 18.0 Å². The lowest BCUT2D eigenvalue weighted by Gasteiger charge is -2.37. The Hall–Kier alpha value is -4.97. The summed E-state index contributed by atoms with van der Waals surface area (Å²) in [6, 6.07) is 31.9. The number of nitrogens with zero attached hydrogens (tertiary/aromatic N) is 2. The third kappa shape index (κ3) is 7.99. The quantitative estimate of drug-likeness (QED) is 0.108. The van der Waals surface area contributed by atoms with Gasteiger partial charge in [0.05, 0.1) is 46.5 Å². The largest absolute Gasteiger partial charge is 0.497 e. The number of hydrogen-bond acceptors (Lipinski definition) is 11. The summed E-state index contributed by atoms with van der Waals surface area (Å²) in [4.78, 5) is 45.9. The van der Waals surface area contributed by atoms with Gasteiger partial charge in [-0.05, 0) is 47.0 Å². The first-order chi connectivity index (χ1) is 28.7. The molecular formula is C45H53N3O11Si. The van der Waals surface area contributed by atoms with Gasteiger partial charge < -0.3 is 54.9 Å². The van der Waals surface area contributed by atoms with Gasteiger partial charge in [0.2, 0.25) is 5.91 Å². The van der Waals surface area contributed by atoms with E-state index in [1.54, 1.807) is 41.2 Å². The molecule has 14 nitrogen and oxygen atoms in total. The number of methoxy groups -OCH3 is 1. The zero-order chi connectivity index (χ0) is 42.9. The number of carbonyl (C=O) groups is 3. The van der Waals surface area contributed by atoms with E-state index in [9.17, 15) is 35.1 Å². The summed E-state index contributed by atoms with van der Waals surface area (Å²) in [7, 11) is -0.940. The van der Waals surface area contributed by atoms with Gasteiger partial charge in [-0.3, -0.25) is 14.4 Å². The van der Waals surface area contributed by atoms with Crippen LogP contribution in [0, 0.1) is 5.92 Å². The SMILES string of the molecule is COc1ccc([Si](C)(C)[C@@H]2[C@@H](CC(=O)N(CCO)Cc3ccccc3)O[C@]3(C(=O)N(Cc4ccc(NC(=O)[C@H]5O[C@@H](O)[C@H](O)[C@@H](O)[C@@H]5O)cc4)c4ccccc43)[C@H]2C)cc1. The molecule has 7 rings (SSSR count). The molecule has 0 aliphatic carbocycles. The minimum Gasteiger partial charge on any atom is -0.497 e. The Bertz CT molecular complexity index is 2160. The van der Waals surface area contributed by atoms with Crippen molar-refractivity contribution in [3.05, 3.63) is 120 Å². The molecule has 2 fully saturated rings. The summed E-state index contributed by atoms with van der Waals surface area (Å²) in [5.74, 6) is -0.879. The van der Waals surface area contributed by atoms with Crippen molar-refractivity contribution >= 4 is 42.4 Å². The highest BCUT2D eigenvalue weighted by Crippen LogP contribution is 2.60. The molecule has 6 N–H and O–H groups in total. The fourth-order valence-electron chi connectivity index (χ4n) is 9.31. The number of anilines is 2. The van der Waals surface area contributed by atoms with Crippen LogP contribution in [0.5, 0.6) is 5.75 Å². The highest BCUT2D eigenvalue weighted by molar-refractivity contribution is 6.91. The molecule has 0 saturated carbocycles. The normalized spacial score (nSPS) is 27.5. The molecule has 0 aromatic heterocycles. The number of aliphatic hydroxyl groups is 5. The van der Waals surface area contributed by atoms with Crippen molar-refractivity contribution in [1.29, 1.82) is 0 Å². The van der Waals surface area contributed by atoms with E-state index in [-0.39, 0.29) is 49.4 Å². The van der Waals surface area contributed by atoms with Crippen molar-refractivity contribution in [3.63, 3.8) is 0 Å². The van der Waals surface area contributed by atoms with Crippen LogP contribution in [0.4, 0.5) is 11.4 Å². The number of rotatable bonds is 13. The Balaban J connectivity index is 1.17. The zero-order valence-electron chi connectivity index (χ0n) is 34.0. The molecule has 4 aromatic rings. The summed E-state index contributed by atoms with van der Waals surface area (Å²) in [5.41, 5.74) is 1.82. The zero-order valence-corrected chi connectivity index (χ0v) is 35.0. The topological polar surface area (TPSA) is 199 Å². The number of ether oxygens (including phenoxy) is 3. The first kappa shape index (κ1) is 43.1. The molecule has 3 heterocycles. The molecule has 4 aromatic carbocycles. The van der Waals surface area contributed by atoms with Crippen LogP contribution in [0.25, 0.3) is 0 Å². The van der Waals surface area contributed by atoms with Crippen LogP contribution in [-0.4, -0.2) is 113 Å². The number of carbonyl (C=O) groups excluding carboxylic acids is 3. The van der Waals surface area contributed by atoms with Gasteiger partial charge in [0.1, 0.15) is 24.1 Å². The smallest absolute Gasteiger partial charge is 0.264 e. The predicted octanol–water partition coefficient (Wildman–Crippen LogP) is 2.61. The molecule has 3 aliphatic heterocycles. The van der Waals surface area contributed by atoms with Crippen molar-refractivity contribution < 1.29 is 54.1 Å². The van der Waals surface area contributed by atoms with E-state index < -0.39 is 56.4 Å². The second-order valence-electron chi connectivity index (χ2n) is 16.4. The Morgan fingerprint density at radius 2 is 1.53 bits per heavy atom. The first-order valence-corrected chi connectivity index (χ1v) is 23.2. The fraction of sp³-hybridized carbons (Fsp3) is 0.400. The second-order valence-corrected chi connectivity index (χ2v) is 21.1. The first-order valence-electron chi connectivity index (χ1n) is 20.1. The highest BCUT2D eigenvalue weighted by Gasteiger charge is 2.66. The van der Waals surface area contributed by atoms with E-state index in [1.165, 1.54) is 0 Å². The summed E-state index contributed by atoms with van der Waals surface area (Å²) in [5, 5.41) is 53.7. The van der Waals surface area contributed by atoms with E-state index in [4.69, 9.17) is 14.2 Å². The lowest BCUT2D eigenvalue weighted by atomic mass is 9.82. The van der Waals surface area contributed by atoms with E-state index in [2.05, 4.69) is 37.5 Å². The maximum absolute atomic E-state index is 15.2. The van der Waals surface area contributed by atoms with E-state index in [1.807, 2.05) is 66.7 Å². The monoisotopic (exact) mass is 839 g/mol. The molecule has 2 saturated heterocycles. The third-order valence-electron chi connectivity index (χ3n) is 12.5. The average molecular weight is 840 g/mol. The molecule has 0 bridgehead atoms. The van der Waals surface area contributed by atoms with Crippen LogP contribution in [-0.2, 0) is 42.5 Å². The van der Waals surface area contributed by atoms with Crippen molar-refractivity contribution in [2.24, 2.45) is 5.92 Å². The number of aliphatic hydroxyl groups excluding tert-OH is 5. The Labute approximate surface area is 349 Å². The summed E-state index contributed by atoms with van der Waals surface area (Å²) in [6.07, 6.45) is -9.45. The van der Waals surface area contributed by atoms with E-state index >= 15 is 4.79 Å². The van der Waals surface area contributed by atoms with Crippen molar-refractivity contribution in [3.8, 4) is 5.75 Å². The van der Waals surface area contributed by atoms with Crippen LogP contribution in [0.1, 0.15) is 30.0 Å². The highest BCUT2D eigenvalue weighted by atomic mass is 28.3. The standard InChI is InChI=1S/C45H53N3O11Si/c1-27-41(60(3,4)32-20-18-31(57-2)19-21-32)35(24-36(50)47(22-23-49)25-28-10-6-5-7-11-28)59-45(27)33-12-8-9-13-34(33)48(44(45)56)26-29-14-16-30(17-15-29)46-42(54)40-38(52)37(51)39(53)43(55)58-40/h5-21,27,35,37-41,43,49,51-53,55H,22-26H2,1-4H3,(H,46,54)/t27-,35+,37-,38-,39+,40-,41-,43+,45+/m0/s1. The Morgan fingerprint density at radius 3 is 2.20 bits per heavy atom. The molecule has 318 valence electrons. The second kappa shape index (κ2) is 17.6. The summed E-state index contributed by atoms with van der Waals surface area (Å²) in [6.45, 7) is 7.00. The number of fused-ring (bicyclic) bond motifs is 2. The van der Waals surface area contributed by atoms with Gasteiger partial charge in [-0.15, -0.1) is 0 Å². The van der Waals surface area contributed by atoms with E-state index in [0.717, 1.165) is 27.6 Å². The maximum atomic E-state index is 15.2. The predicted molar refractivity (Wildman–Crippen MR) is 225 cm³/mol. The molecular weight excluding hydrogens is 787 g/mol. The molecule has 3 aliphatic rings. The molecule has 9 atom stereocenters. The third-order valence-corrected chi connectivity index (χ3v) is 16.8. The van der Waals surface area contributed by atoms with Crippen molar-refractivity contribution in [2.45, 2.75) is 87.5 Å². The molecule has 60 heavy (non-hydrogen) atoms. The number of hydrogen-bond donors (Lipinski definition) is 6. The summed E-state index contributed by atoms with van der Waals surface area (Å²) >= 11 is 0. The van der Waals surface area contributed by atoms with Gasteiger partial charge >= 0.3 is 0 Å². The molecule has 0 radical (unpaired) electrons. The summed E-state index contributed by atoms with van der Waals surface area (Å²) < 4.78 is 17.7. The van der Waals surface area contributed by atoms with Crippen LogP contribution in [0.15, 0.2) is 103 Å². The molecule has 1 spiro atoms. The Kier molecular flexibility index (Phi) is 12.6. The molecule has 3 amide bonds. The number of benzene rings is 4. The van der Waals surface area contributed by atoms with Crippen LogP contribution >= 0.6 is 0 Å². The molecule has 15 heteroatoms. The molecule has 0 unspecified atom stereocenters. The number of nitrogens with one attached hydrogen (secondary N) is 1. The number of amides is 3. The lowest BCUT2D eigenvalue weighted by molar-refractivity contribution is -0.274. The van der Waals surface area contributed by atoms with Crippen LogP contribution in [0.2, 0.25) is 18.6 Å². The fourth-order valence-corrected chi connectivity index (χ4v) is 13.3. The van der Waals surface area contributed by atoms with Crippen molar-refractivity contribution in [2.75, 3.05) is 30.5 Å². The van der Waals surface area contributed by atoms with E-state index in [0.29, 0.717) is 17.9 Å². The minimum atomic E-state index is -2.56. The van der Waals surface area contributed by atoms with Crippen LogP contribution in [0.3, 0.4) is 0 Å². The van der Waals surface area contributed by atoms with Gasteiger partial charge in [0.25, 0.3) is 11.8 Å². The minimum absolute atomic E-state index is 0.0141. The average Bonchev–Trinajstić information content (AvgIpc) is 3.67. The van der Waals surface area contributed by atoms with Crippen LogP contribution < -0.4 is 20.1 Å². The lowest BCUT2D eigenvalue weighted by Crippen LogP contribution is -2.60. The van der Waals surface area contributed by atoms with Gasteiger partial charge in [-0.1, -0.05) is 98.0 Å². The maximum Gasteiger partial charge on any atom is 0.264 e. The Morgan fingerprint density at radius 1 is 0.867 bits per heavy atom.